The van der Waals surface area contributed by atoms with Crippen LogP contribution in [-0.4, -0.2) is 40.9 Å². The Balaban J connectivity index is 1.56. The first kappa shape index (κ1) is 19.6. The lowest BCUT2D eigenvalue weighted by atomic mass is 10.0. The maximum absolute atomic E-state index is 13.6. The number of carbonyl (C=O) groups is 3. The van der Waals surface area contributed by atoms with Gasteiger partial charge in [-0.15, -0.1) is 0 Å². The van der Waals surface area contributed by atoms with Crippen LogP contribution in [0.15, 0.2) is 59.7 Å². The quantitative estimate of drug-likeness (QED) is 0.745. The van der Waals surface area contributed by atoms with E-state index in [1.165, 1.54) is 12.3 Å². The number of amides is 3. The van der Waals surface area contributed by atoms with Crippen LogP contribution in [0.25, 0.3) is 0 Å². The second-order valence-corrected chi connectivity index (χ2v) is 7.05. The fourth-order valence-corrected chi connectivity index (χ4v) is 3.52. The number of fused-ring (bicyclic) bond motifs is 1. The van der Waals surface area contributed by atoms with E-state index in [0.717, 1.165) is 17.0 Å². The first-order chi connectivity index (χ1) is 14.4. The molecule has 2 aliphatic heterocycles. The van der Waals surface area contributed by atoms with Gasteiger partial charge in [0.15, 0.2) is 11.6 Å². The molecule has 1 N–H and O–H groups in total. The topological polar surface area (TPSA) is 78.8 Å². The van der Waals surface area contributed by atoms with E-state index in [-0.39, 0.29) is 13.0 Å². The lowest BCUT2D eigenvalue weighted by molar-refractivity contribution is -0.115. The predicted molar refractivity (Wildman–Crippen MR) is 105 cm³/mol. The number of allylic oxidation sites excluding steroid dienone is 1. The van der Waals surface area contributed by atoms with Gasteiger partial charge in [-0.2, -0.15) is 0 Å². The van der Waals surface area contributed by atoms with Crippen molar-refractivity contribution >= 4 is 23.4 Å². The van der Waals surface area contributed by atoms with Gasteiger partial charge in [0.2, 0.25) is 0 Å². The number of imide groups is 1. The van der Waals surface area contributed by atoms with Gasteiger partial charge in [-0.05, 0) is 36.2 Å². The fourth-order valence-electron chi connectivity index (χ4n) is 3.52. The molecule has 2 aliphatic rings. The average molecular weight is 409 g/mol. The Morgan fingerprint density at radius 1 is 1.07 bits per heavy atom. The zero-order valence-corrected chi connectivity index (χ0v) is 15.8. The van der Waals surface area contributed by atoms with Crippen LogP contribution in [0.5, 0.6) is 0 Å². The molecule has 2 aromatic carbocycles. The van der Waals surface area contributed by atoms with E-state index in [0.29, 0.717) is 28.8 Å². The maximum Gasteiger partial charge on any atom is 0.266 e. The van der Waals surface area contributed by atoms with Gasteiger partial charge in [-0.1, -0.05) is 24.3 Å². The molecule has 3 amide bonds. The minimum atomic E-state index is -1.01. The van der Waals surface area contributed by atoms with Gasteiger partial charge in [-0.3, -0.25) is 24.3 Å². The Morgan fingerprint density at radius 3 is 2.37 bits per heavy atom. The van der Waals surface area contributed by atoms with E-state index in [4.69, 9.17) is 0 Å². The molecule has 0 bridgehead atoms. The summed E-state index contributed by atoms with van der Waals surface area (Å²) in [6.45, 7) is -0.113. The lowest BCUT2D eigenvalue weighted by Crippen LogP contribution is -2.48. The monoisotopic (exact) mass is 409 g/mol. The van der Waals surface area contributed by atoms with Crippen LogP contribution in [0, 0.1) is 11.6 Å². The van der Waals surface area contributed by atoms with Gasteiger partial charge in [0, 0.05) is 19.2 Å². The largest absolute Gasteiger partial charge is 0.346 e. The Morgan fingerprint density at radius 2 is 1.77 bits per heavy atom. The summed E-state index contributed by atoms with van der Waals surface area (Å²) in [5.41, 5.74) is 1.31. The molecule has 0 saturated carbocycles. The van der Waals surface area contributed by atoms with Crippen LogP contribution in [0.3, 0.4) is 0 Å². The molecular formula is C22H17F2N3O3. The van der Waals surface area contributed by atoms with E-state index in [1.54, 1.807) is 30.3 Å². The molecule has 2 heterocycles. The summed E-state index contributed by atoms with van der Waals surface area (Å²) in [5, 5.41) is 2.76. The number of halogens is 2. The minimum absolute atomic E-state index is 0.0943. The highest BCUT2D eigenvalue weighted by atomic mass is 19.2. The van der Waals surface area contributed by atoms with Crippen LogP contribution in [0.4, 0.5) is 8.78 Å². The average Bonchev–Trinajstić information content (AvgIpc) is 3.35. The van der Waals surface area contributed by atoms with Crippen molar-refractivity contribution in [3.63, 3.8) is 0 Å². The SMILES string of the molecule is O=C(N[C@@H](Cc1ccc(F)c(F)c1)CN1C(=O)c2ccccc2C1=O)C1=NC=CC1. The highest BCUT2D eigenvalue weighted by Gasteiger charge is 2.36. The van der Waals surface area contributed by atoms with Crippen molar-refractivity contribution in [2.24, 2.45) is 4.99 Å². The zero-order valence-electron chi connectivity index (χ0n) is 15.8. The minimum Gasteiger partial charge on any atom is -0.346 e. The molecule has 2 aromatic rings. The first-order valence-electron chi connectivity index (χ1n) is 9.35. The molecule has 6 nitrogen and oxygen atoms in total. The third-order valence-electron chi connectivity index (χ3n) is 4.99. The Kier molecular flexibility index (Phi) is 5.22. The molecule has 0 unspecified atom stereocenters. The Labute approximate surface area is 170 Å². The molecule has 152 valence electrons. The van der Waals surface area contributed by atoms with Crippen LogP contribution in [0.2, 0.25) is 0 Å². The Bertz CT molecular complexity index is 1080. The van der Waals surface area contributed by atoms with Crippen molar-refractivity contribution in [2.45, 2.75) is 18.9 Å². The second kappa shape index (κ2) is 7.98. The number of rotatable bonds is 6. The first-order valence-corrected chi connectivity index (χ1v) is 9.35. The zero-order chi connectivity index (χ0) is 21.3. The van der Waals surface area contributed by atoms with E-state index in [1.807, 2.05) is 0 Å². The summed E-state index contributed by atoms with van der Waals surface area (Å²) in [6, 6.07) is 9.18. The number of hydrogen-bond donors (Lipinski definition) is 1. The molecule has 8 heteroatoms. The molecule has 0 fully saturated rings. The van der Waals surface area contributed by atoms with Gasteiger partial charge in [-0.25, -0.2) is 8.78 Å². The third-order valence-corrected chi connectivity index (χ3v) is 4.99. The second-order valence-electron chi connectivity index (χ2n) is 7.05. The number of benzene rings is 2. The Hall–Kier alpha value is -3.68. The number of hydrogen-bond acceptors (Lipinski definition) is 4. The lowest BCUT2D eigenvalue weighted by Gasteiger charge is -2.24. The standard InChI is InChI=1S/C22H17F2N3O3/c23-17-8-7-13(11-18(17)24)10-14(26-20(28)19-6-3-9-25-19)12-27-21(29)15-4-1-2-5-16(15)22(27)30/h1-5,7-9,11,14H,6,10,12H2,(H,26,28)/t14-/m0/s1. The molecule has 0 spiro atoms. The van der Waals surface area contributed by atoms with Crippen LogP contribution in [-0.2, 0) is 11.2 Å². The molecule has 0 saturated heterocycles. The summed E-state index contributed by atoms with van der Waals surface area (Å²) in [6.07, 6.45) is 3.71. The predicted octanol–water partition coefficient (Wildman–Crippen LogP) is 2.65. The van der Waals surface area contributed by atoms with Crippen molar-refractivity contribution in [2.75, 3.05) is 6.54 Å². The van der Waals surface area contributed by atoms with Crippen LogP contribution in [0.1, 0.15) is 32.7 Å². The van der Waals surface area contributed by atoms with Crippen molar-refractivity contribution < 1.29 is 23.2 Å². The molecule has 4 rings (SSSR count). The summed E-state index contributed by atoms with van der Waals surface area (Å²) in [7, 11) is 0. The summed E-state index contributed by atoms with van der Waals surface area (Å²) >= 11 is 0. The number of nitrogens with one attached hydrogen (secondary N) is 1. The third kappa shape index (κ3) is 3.76. The summed E-state index contributed by atoms with van der Waals surface area (Å²) in [4.78, 5) is 42.9. The van der Waals surface area contributed by atoms with Gasteiger partial charge in [0.05, 0.1) is 17.2 Å². The maximum atomic E-state index is 13.6. The highest BCUT2D eigenvalue weighted by Crippen LogP contribution is 2.23. The molecule has 0 aromatic heterocycles. The van der Waals surface area contributed by atoms with Crippen molar-refractivity contribution in [1.82, 2.24) is 10.2 Å². The smallest absolute Gasteiger partial charge is 0.266 e. The van der Waals surface area contributed by atoms with E-state index < -0.39 is 35.4 Å². The van der Waals surface area contributed by atoms with E-state index in [2.05, 4.69) is 10.3 Å². The van der Waals surface area contributed by atoms with Gasteiger partial charge in [0.1, 0.15) is 5.71 Å². The van der Waals surface area contributed by atoms with Gasteiger partial charge in [0.25, 0.3) is 17.7 Å². The van der Waals surface area contributed by atoms with Crippen molar-refractivity contribution in [3.8, 4) is 0 Å². The van der Waals surface area contributed by atoms with Crippen LogP contribution >= 0.6 is 0 Å². The van der Waals surface area contributed by atoms with E-state index >= 15 is 0 Å². The number of aliphatic imine (C=N–C) groups is 1. The van der Waals surface area contributed by atoms with Gasteiger partial charge < -0.3 is 5.32 Å². The molecule has 30 heavy (non-hydrogen) atoms. The molecule has 1 atom stereocenters. The number of carbonyl (C=O) groups excluding carboxylic acids is 3. The summed E-state index contributed by atoms with van der Waals surface area (Å²) < 4.78 is 26.9. The van der Waals surface area contributed by atoms with Crippen molar-refractivity contribution in [3.05, 3.63) is 83.1 Å². The van der Waals surface area contributed by atoms with Gasteiger partial charge >= 0.3 is 0 Å². The fraction of sp³-hybridized carbons (Fsp3) is 0.182. The van der Waals surface area contributed by atoms with Crippen molar-refractivity contribution in [1.29, 1.82) is 0 Å². The van der Waals surface area contributed by atoms with Crippen LogP contribution < -0.4 is 5.32 Å². The molecular weight excluding hydrogens is 392 g/mol. The highest BCUT2D eigenvalue weighted by molar-refractivity contribution is 6.40. The molecule has 0 radical (unpaired) electrons. The number of nitrogens with zero attached hydrogens (tertiary/aromatic N) is 2. The summed E-state index contributed by atoms with van der Waals surface area (Å²) in [5.74, 6) is -3.35. The van der Waals surface area contributed by atoms with E-state index in [9.17, 15) is 23.2 Å². The normalized spacial score (nSPS) is 15.9. The molecule has 0 aliphatic carbocycles.